The quantitative estimate of drug-likeness (QED) is 0.823. The molecule has 2 aromatic rings. The number of fused-ring (bicyclic) bond motifs is 1. The molecule has 0 saturated carbocycles. The molecule has 1 aromatic heterocycles. The molecule has 2 rings (SSSR count). The zero-order valence-electron chi connectivity index (χ0n) is 8.93. The van der Waals surface area contributed by atoms with Gasteiger partial charge in [-0.1, -0.05) is 18.2 Å². The number of benzene rings is 1. The number of nitrogens with one attached hydrogen (secondary N) is 1. The van der Waals surface area contributed by atoms with Gasteiger partial charge in [-0.25, -0.2) is 0 Å². The van der Waals surface area contributed by atoms with Crippen LogP contribution in [0.25, 0.3) is 11.0 Å². The van der Waals surface area contributed by atoms with Crippen molar-refractivity contribution in [3.05, 3.63) is 36.1 Å². The van der Waals surface area contributed by atoms with E-state index >= 15 is 0 Å². The Kier molecular flexibility index (Phi) is 2.92. The van der Waals surface area contributed by atoms with Crippen LogP contribution in [0.2, 0.25) is 0 Å². The molecule has 4 heteroatoms. The highest BCUT2D eigenvalue weighted by Gasteiger charge is 2.13. The van der Waals surface area contributed by atoms with Crippen molar-refractivity contribution >= 4 is 16.9 Å². The number of para-hydroxylation sites is 1. The summed E-state index contributed by atoms with van der Waals surface area (Å²) in [6, 6.07) is 7.34. The number of carbonyl (C=O) groups excluding carboxylic acids is 1. The van der Waals surface area contributed by atoms with Gasteiger partial charge in [0.15, 0.2) is 0 Å². The standard InChI is InChI=1S/C12H13NO3/c1-8(14)6-13-12(15)10-7-16-11-5-3-2-4-9(10)11/h2-5,7-8,14H,6H2,1H3,(H,13,15)/t8-/m0/s1. The Morgan fingerprint density at radius 3 is 3.00 bits per heavy atom. The maximum atomic E-state index is 11.7. The summed E-state index contributed by atoms with van der Waals surface area (Å²) >= 11 is 0. The molecule has 1 atom stereocenters. The summed E-state index contributed by atoms with van der Waals surface area (Å²) in [5.74, 6) is -0.231. The predicted molar refractivity (Wildman–Crippen MR) is 60.2 cm³/mol. The zero-order valence-corrected chi connectivity index (χ0v) is 8.93. The molecule has 1 heterocycles. The third kappa shape index (κ3) is 2.06. The number of furan rings is 1. The normalized spacial score (nSPS) is 12.6. The van der Waals surface area contributed by atoms with Crippen molar-refractivity contribution in [3.8, 4) is 0 Å². The Bertz CT molecular complexity index is 502. The van der Waals surface area contributed by atoms with Gasteiger partial charge in [0.25, 0.3) is 5.91 Å². The summed E-state index contributed by atoms with van der Waals surface area (Å²) in [5.41, 5.74) is 1.18. The van der Waals surface area contributed by atoms with Crippen LogP contribution in [0, 0.1) is 0 Å². The number of hydrogen-bond acceptors (Lipinski definition) is 3. The Hall–Kier alpha value is -1.81. The first-order valence-electron chi connectivity index (χ1n) is 5.11. The van der Waals surface area contributed by atoms with Gasteiger partial charge in [-0.05, 0) is 13.0 Å². The smallest absolute Gasteiger partial charge is 0.255 e. The van der Waals surface area contributed by atoms with E-state index < -0.39 is 6.10 Å². The molecule has 0 bridgehead atoms. The molecular formula is C12H13NO3. The molecule has 0 aliphatic heterocycles. The highest BCUT2D eigenvalue weighted by Crippen LogP contribution is 2.20. The minimum atomic E-state index is -0.554. The van der Waals surface area contributed by atoms with E-state index in [2.05, 4.69) is 5.32 Å². The van der Waals surface area contributed by atoms with Gasteiger partial charge in [0, 0.05) is 11.9 Å². The summed E-state index contributed by atoms with van der Waals surface area (Å²) < 4.78 is 5.25. The van der Waals surface area contributed by atoms with Crippen LogP contribution >= 0.6 is 0 Å². The van der Waals surface area contributed by atoms with Crippen LogP contribution in [0.15, 0.2) is 34.9 Å². The second-order valence-corrected chi connectivity index (χ2v) is 3.70. The van der Waals surface area contributed by atoms with E-state index in [0.29, 0.717) is 11.1 Å². The van der Waals surface area contributed by atoms with Gasteiger partial charge in [0.05, 0.1) is 11.7 Å². The number of rotatable bonds is 3. The van der Waals surface area contributed by atoms with Gasteiger partial charge >= 0.3 is 0 Å². The molecule has 0 unspecified atom stereocenters. The lowest BCUT2D eigenvalue weighted by molar-refractivity contribution is 0.0925. The average molecular weight is 219 g/mol. The molecule has 0 aliphatic carbocycles. The van der Waals surface area contributed by atoms with Crippen molar-refractivity contribution in [2.75, 3.05) is 6.54 Å². The number of aliphatic hydroxyl groups excluding tert-OH is 1. The van der Waals surface area contributed by atoms with Gasteiger partial charge in [0.2, 0.25) is 0 Å². The average Bonchev–Trinajstić information content (AvgIpc) is 2.69. The first-order valence-corrected chi connectivity index (χ1v) is 5.11. The van der Waals surface area contributed by atoms with Crippen molar-refractivity contribution in [1.29, 1.82) is 0 Å². The molecule has 0 spiro atoms. The van der Waals surface area contributed by atoms with E-state index in [4.69, 9.17) is 9.52 Å². The zero-order chi connectivity index (χ0) is 11.5. The van der Waals surface area contributed by atoms with Crippen LogP contribution in [0.5, 0.6) is 0 Å². The minimum Gasteiger partial charge on any atom is -0.463 e. The molecule has 0 aliphatic rings. The fraction of sp³-hybridized carbons (Fsp3) is 0.250. The Morgan fingerprint density at radius 2 is 2.25 bits per heavy atom. The number of aliphatic hydroxyl groups is 1. The topological polar surface area (TPSA) is 62.5 Å². The van der Waals surface area contributed by atoms with E-state index in [0.717, 1.165) is 5.39 Å². The minimum absolute atomic E-state index is 0.231. The van der Waals surface area contributed by atoms with Crippen LogP contribution in [0.4, 0.5) is 0 Å². The van der Waals surface area contributed by atoms with Crippen molar-refractivity contribution in [3.63, 3.8) is 0 Å². The monoisotopic (exact) mass is 219 g/mol. The molecule has 0 radical (unpaired) electrons. The first kappa shape index (κ1) is 10.7. The van der Waals surface area contributed by atoms with E-state index in [1.807, 2.05) is 18.2 Å². The van der Waals surface area contributed by atoms with Crippen LogP contribution < -0.4 is 5.32 Å². The van der Waals surface area contributed by atoms with Crippen molar-refractivity contribution in [1.82, 2.24) is 5.32 Å². The van der Waals surface area contributed by atoms with E-state index in [1.165, 1.54) is 6.26 Å². The van der Waals surface area contributed by atoms with Gasteiger partial charge in [-0.3, -0.25) is 4.79 Å². The molecule has 0 saturated heterocycles. The number of carbonyl (C=O) groups is 1. The number of hydrogen-bond donors (Lipinski definition) is 2. The highest BCUT2D eigenvalue weighted by molar-refractivity contribution is 6.05. The van der Waals surface area contributed by atoms with Gasteiger partial charge in [-0.15, -0.1) is 0 Å². The SMILES string of the molecule is C[C@H](O)CNC(=O)c1coc2ccccc12. The summed E-state index contributed by atoms with van der Waals surface area (Å²) in [7, 11) is 0. The van der Waals surface area contributed by atoms with Crippen molar-refractivity contribution in [2.45, 2.75) is 13.0 Å². The second kappa shape index (κ2) is 4.37. The molecule has 1 amide bonds. The third-order valence-electron chi connectivity index (χ3n) is 2.28. The summed E-state index contributed by atoms with van der Waals surface area (Å²) in [6.07, 6.45) is 0.879. The van der Waals surface area contributed by atoms with Crippen molar-refractivity contribution in [2.24, 2.45) is 0 Å². The summed E-state index contributed by atoms with van der Waals surface area (Å²) in [5, 5.41) is 12.5. The maximum absolute atomic E-state index is 11.7. The molecule has 0 fully saturated rings. The number of amides is 1. The van der Waals surface area contributed by atoms with Crippen LogP contribution in [0.1, 0.15) is 17.3 Å². The van der Waals surface area contributed by atoms with Crippen molar-refractivity contribution < 1.29 is 14.3 Å². The second-order valence-electron chi connectivity index (χ2n) is 3.70. The van der Waals surface area contributed by atoms with Crippen LogP contribution in [0.3, 0.4) is 0 Å². The van der Waals surface area contributed by atoms with E-state index in [1.54, 1.807) is 13.0 Å². The predicted octanol–water partition coefficient (Wildman–Crippen LogP) is 1.54. The molecule has 4 nitrogen and oxygen atoms in total. The molecule has 84 valence electrons. The largest absolute Gasteiger partial charge is 0.463 e. The molecular weight excluding hydrogens is 206 g/mol. The fourth-order valence-electron chi connectivity index (χ4n) is 1.49. The van der Waals surface area contributed by atoms with Gasteiger partial charge < -0.3 is 14.8 Å². The Balaban J connectivity index is 2.23. The lowest BCUT2D eigenvalue weighted by Crippen LogP contribution is -2.30. The summed E-state index contributed by atoms with van der Waals surface area (Å²) in [4.78, 5) is 11.7. The Labute approximate surface area is 92.9 Å². The molecule has 16 heavy (non-hydrogen) atoms. The fourth-order valence-corrected chi connectivity index (χ4v) is 1.49. The van der Waals surface area contributed by atoms with Crippen LogP contribution in [-0.4, -0.2) is 23.7 Å². The maximum Gasteiger partial charge on any atom is 0.255 e. The molecule has 2 N–H and O–H groups in total. The Morgan fingerprint density at radius 1 is 1.50 bits per heavy atom. The van der Waals surface area contributed by atoms with E-state index in [-0.39, 0.29) is 12.5 Å². The third-order valence-corrected chi connectivity index (χ3v) is 2.28. The van der Waals surface area contributed by atoms with Gasteiger partial charge in [-0.2, -0.15) is 0 Å². The van der Waals surface area contributed by atoms with Crippen LogP contribution in [-0.2, 0) is 0 Å². The highest BCUT2D eigenvalue weighted by atomic mass is 16.3. The molecule has 1 aromatic carbocycles. The lowest BCUT2D eigenvalue weighted by atomic mass is 10.1. The first-order chi connectivity index (χ1) is 7.68. The van der Waals surface area contributed by atoms with Gasteiger partial charge in [0.1, 0.15) is 11.8 Å². The van der Waals surface area contributed by atoms with E-state index in [9.17, 15) is 4.79 Å². The lowest BCUT2D eigenvalue weighted by Gasteiger charge is -2.05. The summed E-state index contributed by atoms with van der Waals surface area (Å²) in [6.45, 7) is 1.85.